The van der Waals surface area contributed by atoms with Gasteiger partial charge in [-0.3, -0.25) is 9.10 Å². The van der Waals surface area contributed by atoms with Crippen LogP contribution in [-0.2, 0) is 22.9 Å². The molecule has 1 aliphatic heterocycles. The monoisotopic (exact) mass is 450 g/mol. The van der Waals surface area contributed by atoms with Gasteiger partial charge in [-0.1, -0.05) is 36.4 Å². The SMILES string of the molecule is COc1ccc(CCNC(=O)c2cccc(S(=O)(=O)N3CCCc4ccccc43)c2)cc1. The van der Waals surface area contributed by atoms with Crippen LogP contribution in [0.25, 0.3) is 0 Å². The highest BCUT2D eigenvalue weighted by molar-refractivity contribution is 7.92. The van der Waals surface area contributed by atoms with Gasteiger partial charge < -0.3 is 10.1 Å². The number of sulfonamides is 1. The zero-order chi connectivity index (χ0) is 22.6. The van der Waals surface area contributed by atoms with Crippen LogP contribution in [0.1, 0.15) is 27.9 Å². The van der Waals surface area contributed by atoms with Gasteiger partial charge in [0.05, 0.1) is 17.7 Å². The Morgan fingerprint density at radius 3 is 2.59 bits per heavy atom. The van der Waals surface area contributed by atoms with E-state index in [1.54, 1.807) is 25.3 Å². The highest BCUT2D eigenvalue weighted by atomic mass is 32.2. The van der Waals surface area contributed by atoms with Crippen molar-refractivity contribution in [2.75, 3.05) is 24.5 Å². The van der Waals surface area contributed by atoms with Crippen molar-refractivity contribution in [1.82, 2.24) is 5.32 Å². The summed E-state index contributed by atoms with van der Waals surface area (Å²) in [6.07, 6.45) is 2.29. The Bertz CT molecular complexity index is 1210. The van der Waals surface area contributed by atoms with E-state index >= 15 is 0 Å². The number of amides is 1. The number of benzene rings is 3. The quantitative estimate of drug-likeness (QED) is 0.594. The Balaban J connectivity index is 1.46. The van der Waals surface area contributed by atoms with Crippen LogP contribution >= 0.6 is 0 Å². The number of hydrogen-bond acceptors (Lipinski definition) is 4. The van der Waals surface area contributed by atoms with Crippen LogP contribution in [0.3, 0.4) is 0 Å². The van der Waals surface area contributed by atoms with Crippen LogP contribution in [0.5, 0.6) is 5.75 Å². The maximum absolute atomic E-state index is 13.4. The number of carbonyl (C=O) groups is 1. The summed E-state index contributed by atoms with van der Waals surface area (Å²) >= 11 is 0. The predicted octanol–water partition coefficient (Wildman–Crippen LogP) is 3.81. The van der Waals surface area contributed by atoms with E-state index in [1.165, 1.54) is 10.4 Å². The lowest BCUT2D eigenvalue weighted by atomic mass is 10.0. The Kier molecular flexibility index (Phi) is 6.46. The summed E-state index contributed by atoms with van der Waals surface area (Å²) in [5, 5.41) is 2.87. The molecule has 4 rings (SSSR count). The topological polar surface area (TPSA) is 75.7 Å². The minimum absolute atomic E-state index is 0.122. The smallest absolute Gasteiger partial charge is 0.264 e. The fourth-order valence-corrected chi connectivity index (χ4v) is 5.48. The van der Waals surface area contributed by atoms with E-state index in [4.69, 9.17) is 4.74 Å². The van der Waals surface area contributed by atoms with Crippen molar-refractivity contribution in [1.29, 1.82) is 0 Å². The van der Waals surface area contributed by atoms with Gasteiger partial charge in [-0.25, -0.2) is 8.42 Å². The van der Waals surface area contributed by atoms with Gasteiger partial charge in [0.25, 0.3) is 15.9 Å². The molecule has 0 unspecified atom stereocenters. The van der Waals surface area contributed by atoms with Crippen molar-refractivity contribution in [3.63, 3.8) is 0 Å². The van der Waals surface area contributed by atoms with E-state index in [-0.39, 0.29) is 10.8 Å². The van der Waals surface area contributed by atoms with Crippen LogP contribution in [0.2, 0.25) is 0 Å². The molecule has 6 nitrogen and oxygen atoms in total. The number of aryl methyl sites for hydroxylation is 1. The second kappa shape index (κ2) is 9.44. The second-order valence-electron chi connectivity index (χ2n) is 7.69. The molecule has 0 saturated carbocycles. The fourth-order valence-electron chi connectivity index (χ4n) is 3.89. The molecule has 3 aromatic carbocycles. The minimum Gasteiger partial charge on any atom is -0.497 e. The number of rotatable bonds is 7. The van der Waals surface area contributed by atoms with Crippen LogP contribution in [0, 0.1) is 0 Å². The molecule has 1 N–H and O–H groups in total. The molecule has 1 amide bonds. The second-order valence-corrected chi connectivity index (χ2v) is 9.55. The molecule has 0 atom stereocenters. The van der Waals surface area contributed by atoms with Crippen LogP contribution < -0.4 is 14.4 Å². The first kappa shape index (κ1) is 21.9. The highest BCUT2D eigenvalue weighted by Crippen LogP contribution is 2.31. The summed E-state index contributed by atoms with van der Waals surface area (Å²) in [6, 6.07) is 21.5. The number of para-hydroxylation sites is 1. The normalized spacial score (nSPS) is 13.3. The Labute approximate surface area is 188 Å². The van der Waals surface area contributed by atoms with Gasteiger partial charge in [0.15, 0.2) is 0 Å². The summed E-state index contributed by atoms with van der Waals surface area (Å²) in [5.74, 6) is 0.488. The van der Waals surface area contributed by atoms with Crippen molar-refractivity contribution >= 4 is 21.6 Å². The van der Waals surface area contributed by atoms with Crippen molar-refractivity contribution in [3.8, 4) is 5.75 Å². The van der Waals surface area contributed by atoms with Gasteiger partial charge in [-0.2, -0.15) is 0 Å². The van der Waals surface area contributed by atoms with Gasteiger partial charge in [0.2, 0.25) is 0 Å². The Morgan fingerprint density at radius 2 is 1.81 bits per heavy atom. The van der Waals surface area contributed by atoms with Crippen LogP contribution in [0.4, 0.5) is 5.69 Å². The van der Waals surface area contributed by atoms with Crippen molar-refractivity contribution in [2.45, 2.75) is 24.2 Å². The Hall–Kier alpha value is -3.32. The molecule has 166 valence electrons. The lowest BCUT2D eigenvalue weighted by molar-refractivity contribution is 0.0954. The lowest BCUT2D eigenvalue weighted by Gasteiger charge is -2.30. The van der Waals surface area contributed by atoms with Crippen molar-refractivity contribution in [2.24, 2.45) is 0 Å². The minimum atomic E-state index is -3.76. The first-order valence-electron chi connectivity index (χ1n) is 10.6. The van der Waals surface area contributed by atoms with E-state index in [0.717, 1.165) is 29.7 Å². The number of fused-ring (bicyclic) bond motifs is 1. The number of carbonyl (C=O) groups excluding carboxylic acids is 1. The first-order valence-corrected chi connectivity index (χ1v) is 12.0. The summed E-state index contributed by atoms with van der Waals surface area (Å²) in [5.41, 5.74) is 3.14. The number of methoxy groups -OCH3 is 1. The van der Waals surface area contributed by atoms with Crippen LogP contribution in [0.15, 0.2) is 77.7 Å². The predicted molar refractivity (Wildman–Crippen MR) is 125 cm³/mol. The molecule has 0 aromatic heterocycles. The molecular weight excluding hydrogens is 424 g/mol. The molecule has 1 aliphatic rings. The average molecular weight is 451 g/mol. The summed E-state index contributed by atoms with van der Waals surface area (Å²) in [7, 11) is -2.14. The largest absolute Gasteiger partial charge is 0.497 e. The number of nitrogens with zero attached hydrogens (tertiary/aromatic N) is 1. The van der Waals surface area contributed by atoms with E-state index in [1.807, 2.05) is 48.5 Å². The number of hydrogen-bond donors (Lipinski definition) is 1. The van der Waals surface area contributed by atoms with E-state index in [9.17, 15) is 13.2 Å². The molecule has 3 aromatic rings. The average Bonchev–Trinajstić information content (AvgIpc) is 2.84. The van der Waals surface area contributed by atoms with E-state index in [2.05, 4.69) is 5.32 Å². The van der Waals surface area contributed by atoms with Crippen molar-refractivity contribution < 1.29 is 17.9 Å². The first-order chi connectivity index (χ1) is 15.5. The third kappa shape index (κ3) is 4.62. The number of ether oxygens (including phenoxy) is 1. The molecular formula is C25H26N2O4S. The molecule has 0 bridgehead atoms. The standard InChI is InChI=1S/C25H26N2O4S/c1-31-22-13-11-19(12-14-22)15-16-26-25(28)21-7-4-9-23(18-21)32(29,30)27-17-5-8-20-6-2-3-10-24(20)27/h2-4,6-7,9-14,18H,5,8,15-17H2,1H3,(H,26,28). The molecule has 0 spiro atoms. The van der Waals surface area contributed by atoms with Gasteiger partial charge >= 0.3 is 0 Å². The van der Waals surface area contributed by atoms with Crippen LogP contribution in [-0.4, -0.2) is 34.5 Å². The van der Waals surface area contributed by atoms with Gasteiger partial charge in [0, 0.05) is 18.7 Å². The zero-order valence-electron chi connectivity index (χ0n) is 18.0. The molecule has 0 radical (unpaired) electrons. The molecule has 7 heteroatoms. The van der Waals surface area contributed by atoms with Gasteiger partial charge in [-0.15, -0.1) is 0 Å². The maximum atomic E-state index is 13.4. The third-order valence-electron chi connectivity index (χ3n) is 5.61. The summed E-state index contributed by atoms with van der Waals surface area (Å²) in [6.45, 7) is 0.874. The molecule has 0 aliphatic carbocycles. The van der Waals surface area contributed by atoms with Gasteiger partial charge in [0.1, 0.15) is 5.75 Å². The maximum Gasteiger partial charge on any atom is 0.264 e. The van der Waals surface area contributed by atoms with E-state index in [0.29, 0.717) is 30.8 Å². The summed E-state index contributed by atoms with van der Waals surface area (Å²) < 4.78 is 33.3. The van der Waals surface area contributed by atoms with Gasteiger partial charge in [-0.05, 0) is 66.8 Å². The lowest BCUT2D eigenvalue weighted by Crippen LogP contribution is -2.35. The third-order valence-corrected chi connectivity index (χ3v) is 7.42. The number of nitrogens with one attached hydrogen (secondary N) is 1. The fraction of sp³-hybridized carbons (Fsp3) is 0.240. The molecule has 1 heterocycles. The molecule has 32 heavy (non-hydrogen) atoms. The zero-order valence-corrected chi connectivity index (χ0v) is 18.8. The molecule has 0 fully saturated rings. The highest BCUT2D eigenvalue weighted by Gasteiger charge is 2.29. The number of anilines is 1. The summed E-state index contributed by atoms with van der Waals surface area (Å²) in [4.78, 5) is 12.8. The van der Waals surface area contributed by atoms with Crippen molar-refractivity contribution in [3.05, 3.63) is 89.5 Å². The molecule has 0 saturated heterocycles. The van der Waals surface area contributed by atoms with E-state index < -0.39 is 10.0 Å². The Morgan fingerprint density at radius 1 is 1.03 bits per heavy atom.